The monoisotopic (exact) mass is 522 g/mol. The van der Waals surface area contributed by atoms with E-state index in [0.717, 1.165) is 59.0 Å². The molecule has 39 heavy (non-hydrogen) atoms. The van der Waals surface area contributed by atoms with Crippen LogP contribution in [0.5, 0.6) is 0 Å². The van der Waals surface area contributed by atoms with Crippen LogP contribution in [-0.4, -0.2) is 30.1 Å². The molecule has 3 heterocycles. The van der Waals surface area contributed by atoms with Crippen molar-refractivity contribution in [1.82, 2.24) is 30.1 Å². The van der Waals surface area contributed by atoms with Crippen molar-refractivity contribution in [2.24, 2.45) is 0 Å². The van der Waals surface area contributed by atoms with E-state index in [9.17, 15) is 4.79 Å². The smallest absolute Gasteiger partial charge is 0.253 e. The molecule has 8 nitrogen and oxygen atoms in total. The van der Waals surface area contributed by atoms with Gasteiger partial charge in [0.05, 0.1) is 24.4 Å². The number of tetrazole rings is 1. The SMILES string of the molecule is Cc1cc(C)c2[nH]c(=O)c(C(c3nnnn3C3CCCCC3)N(Cc3ccccc3)Cc3ccco3)cc2c1. The van der Waals surface area contributed by atoms with E-state index < -0.39 is 6.04 Å². The summed E-state index contributed by atoms with van der Waals surface area (Å²) in [6.07, 6.45) is 7.31. The zero-order chi connectivity index (χ0) is 26.8. The molecule has 1 fully saturated rings. The number of fused-ring (bicyclic) bond motifs is 1. The summed E-state index contributed by atoms with van der Waals surface area (Å²) in [6.45, 7) is 5.20. The maximum atomic E-state index is 13.9. The second-order valence-corrected chi connectivity index (χ2v) is 10.7. The molecule has 1 unspecified atom stereocenters. The highest BCUT2D eigenvalue weighted by atomic mass is 16.3. The van der Waals surface area contributed by atoms with E-state index in [2.05, 4.69) is 56.6 Å². The van der Waals surface area contributed by atoms with Crippen molar-refractivity contribution in [3.8, 4) is 0 Å². The van der Waals surface area contributed by atoms with Gasteiger partial charge in [0.1, 0.15) is 11.8 Å². The molecule has 0 spiro atoms. The van der Waals surface area contributed by atoms with Crippen molar-refractivity contribution < 1.29 is 4.42 Å². The molecule has 8 heteroatoms. The van der Waals surface area contributed by atoms with Gasteiger partial charge in [-0.3, -0.25) is 9.69 Å². The van der Waals surface area contributed by atoms with Crippen LogP contribution < -0.4 is 5.56 Å². The molecule has 1 saturated carbocycles. The molecule has 1 atom stereocenters. The van der Waals surface area contributed by atoms with Crippen LogP contribution >= 0.6 is 0 Å². The Kier molecular flexibility index (Phi) is 7.11. The van der Waals surface area contributed by atoms with Crippen LogP contribution in [0.3, 0.4) is 0 Å². The Bertz CT molecular complexity index is 1600. The van der Waals surface area contributed by atoms with Crippen molar-refractivity contribution in [2.75, 3.05) is 0 Å². The van der Waals surface area contributed by atoms with E-state index >= 15 is 0 Å². The number of aryl methyl sites for hydroxylation is 2. The van der Waals surface area contributed by atoms with Gasteiger partial charge in [-0.1, -0.05) is 61.2 Å². The molecule has 0 bridgehead atoms. The van der Waals surface area contributed by atoms with Gasteiger partial charge in [-0.2, -0.15) is 0 Å². The van der Waals surface area contributed by atoms with Crippen LogP contribution in [0.2, 0.25) is 0 Å². The number of rotatable bonds is 8. The van der Waals surface area contributed by atoms with Gasteiger partial charge in [-0.15, -0.1) is 5.10 Å². The molecular formula is C31H34N6O2. The topological polar surface area (TPSA) is 92.8 Å². The maximum Gasteiger partial charge on any atom is 0.253 e. The molecule has 5 aromatic rings. The Morgan fingerprint density at radius 3 is 2.62 bits per heavy atom. The van der Waals surface area contributed by atoms with Gasteiger partial charge in [-0.05, 0) is 77.9 Å². The minimum atomic E-state index is -0.485. The molecule has 0 aliphatic heterocycles. The summed E-state index contributed by atoms with van der Waals surface area (Å²) in [5.74, 6) is 1.51. The third kappa shape index (κ3) is 5.29. The van der Waals surface area contributed by atoms with Crippen molar-refractivity contribution in [3.63, 3.8) is 0 Å². The first kappa shape index (κ1) is 25.2. The van der Waals surface area contributed by atoms with Crippen LogP contribution in [0.15, 0.2) is 76.1 Å². The molecule has 0 radical (unpaired) electrons. The largest absolute Gasteiger partial charge is 0.468 e. The van der Waals surface area contributed by atoms with Crippen molar-refractivity contribution in [2.45, 2.75) is 71.1 Å². The second-order valence-electron chi connectivity index (χ2n) is 10.7. The Labute approximate surface area is 227 Å². The van der Waals surface area contributed by atoms with E-state index in [1.807, 2.05) is 48.0 Å². The Balaban J connectivity index is 1.54. The fourth-order valence-electron chi connectivity index (χ4n) is 6.03. The van der Waals surface area contributed by atoms with Crippen molar-refractivity contribution >= 4 is 10.9 Å². The van der Waals surface area contributed by atoms with Crippen LogP contribution in [0.1, 0.15) is 78.0 Å². The maximum absolute atomic E-state index is 13.9. The van der Waals surface area contributed by atoms with E-state index in [-0.39, 0.29) is 11.6 Å². The number of aromatic amines is 1. The number of nitrogens with zero attached hydrogens (tertiary/aromatic N) is 5. The molecule has 1 aliphatic carbocycles. The van der Waals surface area contributed by atoms with Crippen molar-refractivity contribution in [1.29, 1.82) is 0 Å². The van der Waals surface area contributed by atoms with Gasteiger partial charge in [0, 0.05) is 12.1 Å². The number of hydrogen-bond acceptors (Lipinski definition) is 6. The lowest BCUT2D eigenvalue weighted by atomic mass is 9.94. The Morgan fingerprint density at radius 2 is 1.85 bits per heavy atom. The lowest BCUT2D eigenvalue weighted by Gasteiger charge is -2.32. The molecule has 3 aromatic heterocycles. The minimum Gasteiger partial charge on any atom is -0.468 e. The van der Waals surface area contributed by atoms with Crippen LogP contribution in [-0.2, 0) is 13.1 Å². The van der Waals surface area contributed by atoms with Gasteiger partial charge in [0.2, 0.25) is 0 Å². The molecule has 200 valence electrons. The third-order valence-corrected chi connectivity index (χ3v) is 7.83. The number of furan rings is 1. The van der Waals surface area contributed by atoms with Gasteiger partial charge in [0.25, 0.3) is 5.56 Å². The van der Waals surface area contributed by atoms with Gasteiger partial charge in [-0.25, -0.2) is 4.68 Å². The molecule has 0 saturated heterocycles. The number of benzene rings is 2. The fourth-order valence-corrected chi connectivity index (χ4v) is 6.03. The standard InChI is InChI=1S/C31H34N6O2/c1-21-16-22(2)28-24(17-21)18-27(31(38)32-28)29(30-33-34-35-37(30)25-12-7-4-8-13-25)36(20-26-14-9-15-39-26)19-23-10-5-3-6-11-23/h3,5-6,9-11,14-18,25,29H,4,7-8,12-13,19-20H2,1-2H3,(H,32,38). The average Bonchev–Trinajstić information content (AvgIpc) is 3.63. The fraction of sp³-hybridized carbons (Fsp3) is 0.355. The average molecular weight is 523 g/mol. The highest BCUT2D eigenvalue weighted by Gasteiger charge is 2.33. The summed E-state index contributed by atoms with van der Waals surface area (Å²) in [7, 11) is 0. The first-order chi connectivity index (χ1) is 19.1. The van der Waals surface area contributed by atoms with E-state index in [1.54, 1.807) is 6.26 Å². The summed E-state index contributed by atoms with van der Waals surface area (Å²) >= 11 is 0. The lowest BCUT2D eigenvalue weighted by molar-refractivity contribution is 0.173. The lowest BCUT2D eigenvalue weighted by Crippen LogP contribution is -2.35. The van der Waals surface area contributed by atoms with Gasteiger partial charge >= 0.3 is 0 Å². The number of aromatic nitrogens is 5. The molecular weight excluding hydrogens is 488 g/mol. The molecule has 2 aromatic carbocycles. The second kappa shape index (κ2) is 11.0. The zero-order valence-electron chi connectivity index (χ0n) is 22.5. The molecule has 1 N–H and O–H groups in total. The van der Waals surface area contributed by atoms with Crippen LogP contribution in [0.25, 0.3) is 10.9 Å². The molecule has 0 amide bonds. The molecule has 6 rings (SSSR count). The van der Waals surface area contributed by atoms with Gasteiger partial charge in [0.15, 0.2) is 5.82 Å². The zero-order valence-corrected chi connectivity index (χ0v) is 22.5. The number of nitrogens with one attached hydrogen (secondary N) is 1. The minimum absolute atomic E-state index is 0.129. The predicted molar refractivity (Wildman–Crippen MR) is 150 cm³/mol. The highest BCUT2D eigenvalue weighted by Crippen LogP contribution is 2.35. The first-order valence-corrected chi connectivity index (χ1v) is 13.8. The summed E-state index contributed by atoms with van der Waals surface area (Å²) in [5, 5.41) is 14.2. The molecule has 1 aliphatic rings. The van der Waals surface area contributed by atoms with Crippen molar-refractivity contribution in [3.05, 3.63) is 111 Å². The summed E-state index contributed by atoms with van der Waals surface area (Å²) < 4.78 is 7.78. The third-order valence-electron chi connectivity index (χ3n) is 7.83. The number of pyridine rings is 1. The summed E-state index contributed by atoms with van der Waals surface area (Å²) in [4.78, 5) is 19.3. The van der Waals surface area contributed by atoms with E-state index in [4.69, 9.17) is 4.42 Å². The van der Waals surface area contributed by atoms with Crippen LogP contribution in [0, 0.1) is 13.8 Å². The van der Waals surface area contributed by atoms with E-state index in [1.165, 1.54) is 6.42 Å². The summed E-state index contributed by atoms with van der Waals surface area (Å²) in [5.41, 5.74) is 4.69. The normalized spacial score (nSPS) is 15.3. The van der Waals surface area contributed by atoms with E-state index in [0.29, 0.717) is 24.5 Å². The quantitative estimate of drug-likeness (QED) is 0.268. The predicted octanol–water partition coefficient (Wildman–Crippen LogP) is 6.02. The van der Waals surface area contributed by atoms with Gasteiger partial charge < -0.3 is 9.40 Å². The highest BCUT2D eigenvalue weighted by molar-refractivity contribution is 5.83. The number of hydrogen-bond donors (Lipinski definition) is 1. The first-order valence-electron chi connectivity index (χ1n) is 13.8. The summed E-state index contributed by atoms with van der Waals surface area (Å²) in [6, 6.07) is 20.1. The Hall–Kier alpha value is -4.04. The van der Waals surface area contributed by atoms with Crippen LogP contribution in [0.4, 0.5) is 0 Å². The number of H-pyrrole nitrogens is 1. The Morgan fingerprint density at radius 1 is 1.03 bits per heavy atom.